The number of rotatable bonds is 1. The van der Waals surface area contributed by atoms with Crippen molar-refractivity contribution < 1.29 is 14.3 Å². The standard InChI is InChI=1S/C14H14N4O3/c1-14(2,3)21-13(20)18-7-9(12(16)19)11-10(18)5-4-8(6-15)17-11/h4-5,7H,1-3H3,(H2,16,19). The zero-order chi connectivity index (χ0) is 15.8. The van der Waals surface area contributed by atoms with Gasteiger partial charge >= 0.3 is 6.09 Å². The molecule has 2 heterocycles. The van der Waals surface area contributed by atoms with Gasteiger partial charge in [-0.2, -0.15) is 5.26 Å². The molecule has 0 saturated heterocycles. The lowest BCUT2D eigenvalue weighted by molar-refractivity contribution is 0.0544. The summed E-state index contributed by atoms with van der Waals surface area (Å²) in [5, 5.41) is 8.87. The van der Waals surface area contributed by atoms with Crippen LogP contribution >= 0.6 is 0 Å². The van der Waals surface area contributed by atoms with Gasteiger partial charge in [-0.05, 0) is 32.9 Å². The van der Waals surface area contributed by atoms with E-state index in [-0.39, 0.29) is 16.8 Å². The fraction of sp³-hybridized carbons (Fsp3) is 0.286. The molecule has 2 rings (SSSR count). The van der Waals surface area contributed by atoms with E-state index in [1.807, 2.05) is 6.07 Å². The largest absolute Gasteiger partial charge is 0.443 e. The number of pyridine rings is 1. The SMILES string of the molecule is CC(C)(C)OC(=O)n1cc(C(N)=O)c2nc(C#N)ccc21. The van der Waals surface area contributed by atoms with Crippen LogP contribution in [0.2, 0.25) is 0 Å². The van der Waals surface area contributed by atoms with Gasteiger partial charge in [-0.3, -0.25) is 9.36 Å². The maximum Gasteiger partial charge on any atom is 0.419 e. The molecule has 21 heavy (non-hydrogen) atoms. The summed E-state index contributed by atoms with van der Waals surface area (Å²) in [6.45, 7) is 5.20. The van der Waals surface area contributed by atoms with Crippen LogP contribution in [0.25, 0.3) is 11.0 Å². The predicted octanol–water partition coefficient (Wildman–Crippen LogP) is 1.79. The van der Waals surface area contributed by atoms with Crippen LogP contribution in [0.4, 0.5) is 4.79 Å². The maximum atomic E-state index is 12.2. The van der Waals surface area contributed by atoms with Crippen molar-refractivity contribution in [2.75, 3.05) is 0 Å². The topological polar surface area (TPSA) is 111 Å². The highest BCUT2D eigenvalue weighted by atomic mass is 16.6. The summed E-state index contributed by atoms with van der Waals surface area (Å²) in [7, 11) is 0. The summed E-state index contributed by atoms with van der Waals surface area (Å²) in [5.74, 6) is -0.732. The average Bonchev–Trinajstić information content (AvgIpc) is 2.75. The number of nitrogens with two attached hydrogens (primary N) is 1. The van der Waals surface area contributed by atoms with Gasteiger partial charge in [0.15, 0.2) is 0 Å². The zero-order valence-electron chi connectivity index (χ0n) is 11.9. The van der Waals surface area contributed by atoms with E-state index in [2.05, 4.69) is 4.98 Å². The molecule has 0 bridgehead atoms. The monoisotopic (exact) mass is 286 g/mol. The Morgan fingerprint density at radius 2 is 2.05 bits per heavy atom. The molecule has 0 atom stereocenters. The van der Waals surface area contributed by atoms with Crippen LogP contribution in [-0.4, -0.2) is 27.2 Å². The molecule has 2 N–H and O–H groups in total. The van der Waals surface area contributed by atoms with Gasteiger partial charge in [0.05, 0.1) is 11.1 Å². The highest BCUT2D eigenvalue weighted by molar-refractivity contribution is 6.06. The molecule has 2 aromatic rings. The second kappa shape index (κ2) is 4.90. The van der Waals surface area contributed by atoms with Crippen molar-refractivity contribution >= 4 is 23.0 Å². The van der Waals surface area contributed by atoms with Gasteiger partial charge in [-0.25, -0.2) is 9.78 Å². The highest BCUT2D eigenvalue weighted by Crippen LogP contribution is 2.21. The van der Waals surface area contributed by atoms with Crippen LogP contribution < -0.4 is 5.73 Å². The fourth-order valence-corrected chi connectivity index (χ4v) is 1.81. The van der Waals surface area contributed by atoms with Crippen LogP contribution in [0.5, 0.6) is 0 Å². The average molecular weight is 286 g/mol. The van der Waals surface area contributed by atoms with Crippen molar-refractivity contribution in [1.82, 2.24) is 9.55 Å². The minimum atomic E-state index is -0.732. The van der Waals surface area contributed by atoms with Crippen molar-refractivity contribution in [3.63, 3.8) is 0 Å². The fourth-order valence-electron chi connectivity index (χ4n) is 1.81. The van der Waals surface area contributed by atoms with Gasteiger partial charge in [0.25, 0.3) is 5.91 Å². The number of primary amides is 1. The molecule has 0 aliphatic carbocycles. The maximum absolute atomic E-state index is 12.2. The lowest BCUT2D eigenvalue weighted by atomic mass is 10.2. The predicted molar refractivity (Wildman–Crippen MR) is 74.6 cm³/mol. The zero-order valence-corrected chi connectivity index (χ0v) is 11.9. The van der Waals surface area contributed by atoms with Gasteiger partial charge in [0.1, 0.15) is 22.9 Å². The summed E-state index contributed by atoms with van der Waals surface area (Å²) in [6, 6.07) is 4.85. The van der Waals surface area contributed by atoms with E-state index >= 15 is 0 Å². The van der Waals surface area contributed by atoms with E-state index in [4.69, 9.17) is 15.7 Å². The molecule has 0 saturated carbocycles. The van der Waals surface area contributed by atoms with E-state index in [1.54, 1.807) is 20.8 Å². The third-order valence-electron chi connectivity index (χ3n) is 2.62. The second-order valence-corrected chi connectivity index (χ2v) is 5.43. The molecule has 7 nitrogen and oxygen atoms in total. The smallest absolute Gasteiger partial charge is 0.419 e. The summed E-state index contributed by atoms with van der Waals surface area (Å²) in [6.07, 6.45) is 0.626. The Kier molecular flexibility index (Phi) is 3.39. The van der Waals surface area contributed by atoms with Crippen molar-refractivity contribution in [2.24, 2.45) is 5.73 Å². The van der Waals surface area contributed by atoms with E-state index < -0.39 is 17.6 Å². The van der Waals surface area contributed by atoms with Crippen molar-refractivity contribution in [3.05, 3.63) is 29.6 Å². The highest BCUT2D eigenvalue weighted by Gasteiger charge is 2.23. The number of nitriles is 1. The van der Waals surface area contributed by atoms with E-state index in [0.29, 0.717) is 5.52 Å². The van der Waals surface area contributed by atoms with E-state index in [9.17, 15) is 9.59 Å². The summed E-state index contributed by atoms with van der Waals surface area (Å²) in [5.41, 5.74) is 5.36. The number of amides is 1. The number of carbonyl (C=O) groups is 2. The number of hydrogen-bond acceptors (Lipinski definition) is 5. The molecule has 0 fully saturated rings. The first-order chi connectivity index (χ1) is 9.73. The van der Waals surface area contributed by atoms with E-state index in [1.165, 1.54) is 18.3 Å². The number of ether oxygens (including phenoxy) is 1. The minimum absolute atomic E-state index is 0.0629. The molecule has 108 valence electrons. The molecule has 0 aromatic carbocycles. The van der Waals surface area contributed by atoms with Crippen molar-refractivity contribution in [3.8, 4) is 6.07 Å². The Morgan fingerprint density at radius 3 is 2.57 bits per heavy atom. The second-order valence-electron chi connectivity index (χ2n) is 5.43. The van der Waals surface area contributed by atoms with Crippen molar-refractivity contribution in [1.29, 1.82) is 5.26 Å². The third kappa shape index (κ3) is 2.84. The van der Waals surface area contributed by atoms with Crippen LogP contribution in [0.15, 0.2) is 18.3 Å². The molecular formula is C14H14N4O3. The van der Waals surface area contributed by atoms with Gasteiger partial charge in [0.2, 0.25) is 0 Å². The summed E-state index contributed by atoms with van der Waals surface area (Å²) in [4.78, 5) is 27.7. The first-order valence-electron chi connectivity index (χ1n) is 6.18. The van der Waals surface area contributed by atoms with Crippen LogP contribution in [0.3, 0.4) is 0 Å². The number of hydrogen-bond donors (Lipinski definition) is 1. The normalized spacial score (nSPS) is 11.1. The third-order valence-corrected chi connectivity index (χ3v) is 2.62. The first kappa shape index (κ1) is 14.5. The molecule has 0 spiro atoms. The Morgan fingerprint density at radius 1 is 1.38 bits per heavy atom. The van der Waals surface area contributed by atoms with Crippen LogP contribution in [0, 0.1) is 11.3 Å². The minimum Gasteiger partial charge on any atom is -0.443 e. The van der Waals surface area contributed by atoms with Gasteiger partial charge < -0.3 is 10.5 Å². The molecule has 0 aliphatic rings. The molecule has 0 unspecified atom stereocenters. The lowest BCUT2D eigenvalue weighted by Crippen LogP contribution is -2.26. The summed E-state index contributed by atoms with van der Waals surface area (Å²) < 4.78 is 6.42. The van der Waals surface area contributed by atoms with Crippen molar-refractivity contribution in [2.45, 2.75) is 26.4 Å². The Hall–Kier alpha value is -2.88. The van der Waals surface area contributed by atoms with Crippen LogP contribution in [-0.2, 0) is 4.74 Å². The molecular weight excluding hydrogens is 272 g/mol. The Balaban J connectivity index is 2.63. The molecule has 7 heteroatoms. The Bertz CT molecular complexity index is 778. The van der Waals surface area contributed by atoms with E-state index in [0.717, 1.165) is 4.57 Å². The van der Waals surface area contributed by atoms with Crippen LogP contribution in [0.1, 0.15) is 36.8 Å². The molecule has 2 aromatic heterocycles. The quantitative estimate of drug-likeness (QED) is 0.859. The number of fused-ring (bicyclic) bond motifs is 1. The molecule has 0 aliphatic heterocycles. The summed E-state index contributed by atoms with van der Waals surface area (Å²) >= 11 is 0. The number of nitrogens with zero attached hydrogens (tertiary/aromatic N) is 3. The lowest BCUT2D eigenvalue weighted by Gasteiger charge is -2.19. The number of aromatic nitrogens is 2. The van der Waals surface area contributed by atoms with Gasteiger partial charge in [-0.15, -0.1) is 0 Å². The first-order valence-corrected chi connectivity index (χ1v) is 6.18. The van der Waals surface area contributed by atoms with Gasteiger partial charge in [0, 0.05) is 6.20 Å². The van der Waals surface area contributed by atoms with Gasteiger partial charge in [-0.1, -0.05) is 0 Å². The molecule has 1 amide bonds. The molecule has 0 radical (unpaired) electrons. The number of carbonyl (C=O) groups excluding carboxylic acids is 2. The Labute approximate surface area is 120 Å².